The maximum absolute atomic E-state index is 10.7. The molecule has 1 aliphatic rings. The molecule has 1 fully saturated rings. The van der Waals surface area contributed by atoms with E-state index in [9.17, 15) is 5.11 Å². The number of hydrogen-bond donors (Lipinski definition) is 1. The lowest BCUT2D eigenvalue weighted by molar-refractivity contribution is 0.0907. The Kier molecular flexibility index (Phi) is 7.40. The lowest BCUT2D eigenvalue weighted by atomic mass is 9.88. The van der Waals surface area contributed by atoms with Crippen molar-refractivity contribution in [3.63, 3.8) is 0 Å². The second-order valence-electron chi connectivity index (χ2n) is 7.52. The Morgan fingerprint density at radius 3 is 2.48 bits per heavy atom. The van der Waals surface area contributed by atoms with Crippen molar-refractivity contribution in [1.82, 2.24) is 9.55 Å². The highest BCUT2D eigenvalue weighted by Crippen LogP contribution is 2.34. The average molecular weight is 417 g/mol. The molecule has 1 saturated carbocycles. The molecule has 0 bridgehead atoms. The first-order valence-electron chi connectivity index (χ1n) is 10.2. The van der Waals surface area contributed by atoms with E-state index >= 15 is 0 Å². The Hall–Kier alpha value is -2.24. The van der Waals surface area contributed by atoms with Gasteiger partial charge in [-0.1, -0.05) is 43.5 Å². The van der Waals surface area contributed by atoms with E-state index in [4.69, 9.17) is 14.5 Å². The quantitative estimate of drug-likeness (QED) is 0.591. The summed E-state index contributed by atoms with van der Waals surface area (Å²) in [5.74, 6) is 2.90. The number of fused-ring (bicyclic) bond motifs is 1. The molecule has 6 heteroatoms. The molecule has 156 valence electrons. The van der Waals surface area contributed by atoms with Crippen molar-refractivity contribution in [2.45, 2.75) is 50.7 Å². The molecule has 1 atom stereocenters. The van der Waals surface area contributed by atoms with Gasteiger partial charge in [0.2, 0.25) is 0 Å². The van der Waals surface area contributed by atoms with Crippen LogP contribution in [0.1, 0.15) is 43.8 Å². The molecule has 5 nitrogen and oxygen atoms in total. The van der Waals surface area contributed by atoms with E-state index in [-0.39, 0.29) is 19.0 Å². The third-order valence-corrected chi connectivity index (χ3v) is 5.55. The fourth-order valence-corrected chi connectivity index (χ4v) is 4.15. The largest absolute Gasteiger partial charge is 0.493 e. The van der Waals surface area contributed by atoms with E-state index in [0.717, 1.165) is 16.9 Å². The van der Waals surface area contributed by atoms with Gasteiger partial charge in [0.15, 0.2) is 11.5 Å². The summed E-state index contributed by atoms with van der Waals surface area (Å²) in [6, 6.07) is 15.7. The topological polar surface area (TPSA) is 56.5 Å². The number of imidazole rings is 1. The fraction of sp³-hybridized carbons (Fsp3) is 0.435. The summed E-state index contributed by atoms with van der Waals surface area (Å²) in [6.07, 6.45) is 5.55. The SMILES string of the molecule is COc1ccccc1OCC(O)Cn1c(C2CCCCC2)nc2ccccc21.Cl. The number of methoxy groups -OCH3 is 1. The van der Waals surface area contributed by atoms with Crippen LogP contribution in [0.25, 0.3) is 11.0 Å². The minimum atomic E-state index is -0.634. The van der Waals surface area contributed by atoms with Crippen LogP contribution in [0.15, 0.2) is 48.5 Å². The number of para-hydroxylation sites is 4. The van der Waals surface area contributed by atoms with Crippen molar-refractivity contribution in [2.75, 3.05) is 13.7 Å². The van der Waals surface area contributed by atoms with Gasteiger partial charge in [0, 0.05) is 5.92 Å². The minimum absolute atomic E-state index is 0. The highest BCUT2D eigenvalue weighted by atomic mass is 35.5. The lowest BCUT2D eigenvalue weighted by Crippen LogP contribution is -2.25. The Morgan fingerprint density at radius 2 is 1.72 bits per heavy atom. The third-order valence-electron chi connectivity index (χ3n) is 5.55. The number of nitrogens with zero attached hydrogens (tertiary/aromatic N) is 2. The van der Waals surface area contributed by atoms with Crippen LogP contribution in [0.5, 0.6) is 11.5 Å². The summed E-state index contributed by atoms with van der Waals surface area (Å²) >= 11 is 0. The summed E-state index contributed by atoms with van der Waals surface area (Å²) in [6.45, 7) is 0.679. The zero-order valence-corrected chi connectivity index (χ0v) is 17.6. The summed E-state index contributed by atoms with van der Waals surface area (Å²) in [5, 5.41) is 10.7. The maximum atomic E-state index is 10.7. The molecular weight excluding hydrogens is 388 g/mol. The van der Waals surface area contributed by atoms with E-state index in [0.29, 0.717) is 24.0 Å². The molecular formula is C23H29ClN2O3. The number of aromatic nitrogens is 2. The van der Waals surface area contributed by atoms with Gasteiger partial charge in [-0.05, 0) is 37.1 Å². The van der Waals surface area contributed by atoms with Crippen molar-refractivity contribution in [1.29, 1.82) is 0 Å². The molecule has 1 N–H and O–H groups in total. The summed E-state index contributed by atoms with van der Waals surface area (Å²) < 4.78 is 13.3. The fourth-order valence-electron chi connectivity index (χ4n) is 4.15. The molecule has 1 aromatic heterocycles. The number of aliphatic hydroxyl groups excluding tert-OH is 1. The van der Waals surface area contributed by atoms with E-state index < -0.39 is 6.10 Å². The molecule has 0 aliphatic heterocycles. The molecule has 29 heavy (non-hydrogen) atoms. The van der Waals surface area contributed by atoms with Gasteiger partial charge in [0.25, 0.3) is 0 Å². The van der Waals surface area contributed by atoms with Crippen molar-refractivity contribution in [3.8, 4) is 11.5 Å². The molecule has 3 aromatic rings. The second-order valence-corrected chi connectivity index (χ2v) is 7.52. The van der Waals surface area contributed by atoms with Crippen molar-refractivity contribution < 1.29 is 14.6 Å². The number of benzene rings is 2. The zero-order valence-electron chi connectivity index (χ0n) is 16.8. The van der Waals surface area contributed by atoms with Crippen molar-refractivity contribution in [3.05, 3.63) is 54.4 Å². The summed E-state index contributed by atoms with van der Waals surface area (Å²) in [5.41, 5.74) is 2.08. The molecule has 2 aromatic carbocycles. The molecule has 1 unspecified atom stereocenters. The minimum Gasteiger partial charge on any atom is -0.493 e. The summed E-state index contributed by atoms with van der Waals surface area (Å²) in [4.78, 5) is 4.93. The number of rotatable bonds is 7. The molecule has 1 aliphatic carbocycles. The van der Waals surface area contributed by atoms with Crippen LogP contribution in [0.4, 0.5) is 0 Å². The molecule has 0 amide bonds. The Bertz CT molecular complexity index is 921. The number of halogens is 1. The zero-order chi connectivity index (χ0) is 19.3. The van der Waals surface area contributed by atoms with Crippen molar-refractivity contribution >= 4 is 23.4 Å². The average Bonchev–Trinajstić information content (AvgIpc) is 3.11. The van der Waals surface area contributed by atoms with Crippen LogP contribution in [0, 0.1) is 0 Å². The van der Waals surface area contributed by atoms with Crippen LogP contribution in [-0.4, -0.2) is 34.5 Å². The molecule has 4 rings (SSSR count). The van der Waals surface area contributed by atoms with Gasteiger partial charge in [-0.15, -0.1) is 12.4 Å². The number of hydrogen-bond acceptors (Lipinski definition) is 4. The maximum Gasteiger partial charge on any atom is 0.161 e. The van der Waals surface area contributed by atoms with E-state index in [2.05, 4.69) is 16.7 Å². The van der Waals surface area contributed by atoms with Crippen LogP contribution < -0.4 is 9.47 Å². The van der Waals surface area contributed by atoms with E-state index in [1.54, 1.807) is 7.11 Å². The molecule has 0 spiro atoms. The van der Waals surface area contributed by atoms with Crippen LogP contribution in [0.3, 0.4) is 0 Å². The predicted molar refractivity (Wildman–Crippen MR) is 117 cm³/mol. The monoisotopic (exact) mass is 416 g/mol. The highest BCUT2D eigenvalue weighted by Gasteiger charge is 2.23. The van der Waals surface area contributed by atoms with Crippen LogP contribution in [0.2, 0.25) is 0 Å². The van der Waals surface area contributed by atoms with Gasteiger partial charge in [-0.3, -0.25) is 0 Å². The van der Waals surface area contributed by atoms with E-state index in [1.807, 2.05) is 36.4 Å². The van der Waals surface area contributed by atoms with Gasteiger partial charge in [-0.25, -0.2) is 4.98 Å². The van der Waals surface area contributed by atoms with Crippen molar-refractivity contribution in [2.24, 2.45) is 0 Å². The van der Waals surface area contributed by atoms with Gasteiger partial charge >= 0.3 is 0 Å². The van der Waals surface area contributed by atoms with Gasteiger partial charge in [0.05, 0.1) is 24.7 Å². The standard InChI is InChI=1S/C23H28N2O3.ClH/c1-27-21-13-7-8-14-22(21)28-16-18(26)15-25-20-12-6-5-11-19(20)24-23(25)17-9-3-2-4-10-17;/h5-8,11-14,17-18,26H,2-4,9-10,15-16H2,1H3;1H. The third kappa shape index (κ3) is 4.85. The Morgan fingerprint density at radius 1 is 1.03 bits per heavy atom. The first-order valence-corrected chi connectivity index (χ1v) is 10.2. The Labute approximate surface area is 178 Å². The molecule has 0 saturated heterocycles. The van der Waals surface area contributed by atoms with E-state index in [1.165, 1.54) is 32.1 Å². The van der Waals surface area contributed by atoms with Gasteiger partial charge in [-0.2, -0.15) is 0 Å². The van der Waals surface area contributed by atoms with Gasteiger partial charge in [0.1, 0.15) is 18.5 Å². The normalized spacial score (nSPS) is 15.7. The lowest BCUT2D eigenvalue weighted by Gasteiger charge is -2.23. The Balaban J connectivity index is 0.00000240. The smallest absolute Gasteiger partial charge is 0.161 e. The first kappa shape index (κ1) is 21.5. The van der Waals surface area contributed by atoms with Crippen LogP contribution >= 0.6 is 12.4 Å². The number of aliphatic hydroxyl groups is 1. The second kappa shape index (κ2) is 9.99. The molecule has 0 radical (unpaired) electrons. The van der Waals surface area contributed by atoms with Gasteiger partial charge < -0.3 is 19.1 Å². The first-order chi connectivity index (χ1) is 13.8. The predicted octanol–water partition coefficient (Wildman–Crippen LogP) is 4.95. The number of ether oxygens (including phenoxy) is 2. The molecule has 1 heterocycles. The van der Waals surface area contributed by atoms with Crippen LogP contribution in [-0.2, 0) is 6.54 Å². The summed E-state index contributed by atoms with van der Waals surface area (Å²) in [7, 11) is 1.62. The highest BCUT2D eigenvalue weighted by molar-refractivity contribution is 5.85.